The van der Waals surface area contributed by atoms with Gasteiger partial charge in [-0.05, 0) is 42.2 Å². The Morgan fingerprint density at radius 2 is 2.41 bits per heavy atom. The lowest BCUT2D eigenvalue weighted by Crippen LogP contribution is -2.44. The molecule has 1 aromatic heterocycles. The van der Waals surface area contributed by atoms with E-state index in [-0.39, 0.29) is 11.9 Å². The summed E-state index contributed by atoms with van der Waals surface area (Å²) >= 11 is 1.56. The summed E-state index contributed by atoms with van der Waals surface area (Å²) in [7, 11) is 0. The second-order valence-corrected chi connectivity index (χ2v) is 5.27. The number of aliphatic hydroxyl groups is 1. The quantitative estimate of drug-likeness (QED) is 0.711. The minimum Gasteiger partial charge on any atom is -0.387 e. The molecule has 0 bridgehead atoms. The van der Waals surface area contributed by atoms with Crippen LogP contribution >= 0.6 is 11.3 Å². The summed E-state index contributed by atoms with van der Waals surface area (Å²) in [5.74, 6) is 0.0185. The lowest BCUT2D eigenvalue weighted by Gasteiger charge is -2.16. The predicted octanol–water partition coefficient (Wildman–Crippen LogP) is 1.04. The van der Waals surface area contributed by atoms with Crippen molar-refractivity contribution in [3.05, 3.63) is 22.4 Å². The molecule has 1 aliphatic carbocycles. The molecule has 1 heterocycles. The topological polar surface area (TPSA) is 61.4 Å². The van der Waals surface area contributed by atoms with Gasteiger partial charge < -0.3 is 15.7 Å². The summed E-state index contributed by atoms with van der Waals surface area (Å²) in [5.41, 5.74) is 0.900. The number of thiophene rings is 1. The van der Waals surface area contributed by atoms with E-state index in [0.717, 1.165) is 18.4 Å². The molecule has 0 radical (unpaired) electrons. The monoisotopic (exact) mass is 254 g/mol. The van der Waals surface area contributed by atoms with Crippen LogP contribution in [-0.4, -0.2) is 29.6 Å². The van der Waals surface area contributed by atoms with Crippen LogP contribution < -0.4 is 10.6 Å². The third kappa shape index (κ3) is 3.80. The molecule has 94 valence electrons. The first-order valence-electron chi connectivity index (χ1n) is 5.90. The van der Waals surface area contributed by atoms with Gasteiger partial charge in [-0.25, -0.2) is 0 Å². The second-order valence-electron chi connectivity index (χ2n) is 4.49. The van der Waals surface area contributed by atoms with Crippen molar-refractivity contribution in [2.24, 2.45) is 0 Å². The molecule has 1 fully saturated rings. The fourth-order valence-electron chi connectivity index (χ4n) is 1.52. The van der Waals surface area contributed by atoms with Gasteiger partial charge in [0.15, 0.2) is 0 Å². The summed E-state index contributed by atoms with van der Waals surface area (Å²) in [4.78, 5) is 11.6. The minimum absolute atomic E-state index is 0.0185. The van der Waals surface area contributed by atoms with E-state index in [9.17, 15) is 9.90 Å². The Labute approximate surface area is 105 Å². The maximum Gasteiger partial charge on any atom is 0.237 e. The molecule has 2 atom stereocenters. The van der Waals surface area contributed by atoms with Gasteiger partial charge in [-0.15, -0.1) is 0 Å². The first-order valence-corrected chi connectivity index (χ1v) is 6.85. The van der Waals surface area contributed by atoms with Crippen LogP contribution in [0.15, 0.2) is 16.8 Å². The highest BCUT2D eigenvalue weighted by atomic mass is 32.1. The van der Waals surface area contributed by atoms with Crippen LogP contribution in [0.3, 0.4) is 0 Å². The maximum absolute atomic E-state index is 11.6. The van der Waals surface area contributed by atoms with Crippen LogP contribution in [0.1, 0.15) is 31.4 Å². The van der Waals surface area contributed by atoms with E-state index in [4.69, 9.17) is 0 Å². The predicted molar refractivity (Wildman–Crippen MR) is 67.9 cm³/mol. The number of hydrogen-bond donors (Lipinski definition) is 3. The van der Waals surface area contributed by atoms with Crippen LogP contribution in [0.2, 0.25) is 0 Å². The number of amides is 1. The molecule has 1 amide bonds. The van der Waals surface area contributed by atoms with Crippen molar-refractivity contribution in [1.82, 2.24) is 10.6 Å². The summed E-state index contributed by atoms with van der Waals surface area (Å²) in [6.45, 7) is 2.22. The lowest BCUT2D eigenvalue weighted by atomic mass is 10.2. The van der Waals surface area contributed by atoms with Gasteiger partial charge in [-0.3, -0.25) is 4.79 Å². The normalized spacial score (nSPS) is 18.7. The van der Waals surface area contributed by atoms with Crippen LogP contribution in [0.25, 0.3) is 0 Å². The van der Waals surface area contributed by atoms with Crippen LogP contribution in [0, 0.1) is 0 Å². The molecular formula is C12H18N2O2S. The van der Waals surface area contributed by atoms with Gasteiger partial charge in [0.2, 0.25) is 5.91 Å². The van der Waals surface area contributed by atoms with Crippen molar-refractivity contribution in [1.29, 1.82) is 0 Å². The van der Waals surface area contributed by atoms with E-state index in [0.29, 0.717) is 12.6 Å². The zero-order valence-electron chi connectivity index (χ0n) is 9.85. The Balaban J connectivity index is 1.71. The number of carbonyl (C=O) groups excluding carboxylic acids is 1. The highest BCUT2D eigenvalue weighted by Crippen LogP contribution is 2.18. The molecule has 0 saturated heterocycles. The van der Waals surface area contributed by atoms with Gasteiger partial charge in [-0.1, -0.05) is 0 Å². The van der Waals surface area contributed by atoms with Crippen molar-refractivity contribution in [2.75, 3.05) is 6.54 Å². The minimum atomic E-state index is -0.544. The van der Waals surface area contributed by atoms with E-state index in [1.165, 1.54) is 0 Å². The number of hydrogen-bond acceptors (Lipinski definition) is 4. The van der Waals surface area contributed by atoms with E-state index in [2.05, 4.69) is 10.6 Å². The van der Waals surface area contributed by atoms with E-state index < -0.39 is 6.10 Å². The zero-order valence-corrected chi connectivity index (χ0v) is 10.7. The summed E-state index contributed by atoms with van der Waals surface area (Å²) in [6, 6.07) is 2.02. The molecule has 2 rings (SSSR count). The van der Waals surface area contributed by atoms with Crippen molar-refractivity contribution < 1.29 is 9.90 Å². The Morgan fingerprint density at radius 3 is 3.00 bits per heavy atom. The molecular weight excluding hydrogens is 236 g/mol. The third-order valence-electron chi connectivity index (χ3n) is 2.86. The molecule has 0 spiro atoms. The van der Waals surface area contributed by atoms with Gasteiger partial charge in [0.25, 0.3) is 0 Å². The molecule has 5 heteroatoms. The number of nitrogens with one attached hydrogen (secondary N) is 2. The summed E-state index contributed by atoms with van der Waals surface area (Å²) in [6.07, 6.45) is 1.64. The van der Waals surface area contributed by atoms with Crippen LogP contribution in [0.4, 0.5) is 0 Å². The van der Waals surface area contributed by atoms with Gasteiger partial charge in [0, 0.05) is 12.6 Å². The molecule has 4 nitrogen and oxygen atoms in total. The average molecular weight is 254 g/mol. The highest BCUT2D eigenvalue weighted by Gasteiger charge is 2.25. The Hall–Kier alpha value is -0.910. The molecule has 1 aliphatic rings. The third-order valence-corrected chi connectivity index (χ3v) is 3.56. The SMILES string of the molecule is CC(NCC(O)c1ccsc1)C(=O)NC1CC1. The highest BCUT2D eigenvalue weighted by molar-refractivity contribution is 7.07. The van der Waals surface area contributed by atoms with Crippen molar-refractivity contribution >= 4 is 17.2 Å². The van der Waals surface area contributed by atoms with Crippen molar-refractivity contribution in [2.45, 2.75) is 38.0 Å². The smallest absolute Gasteiger partial charge is 0.237 e. The number of rotatable bonds is 6. The Kier molecular flexibility index (Phi) is 4.15. The van der Waals surface area contributed by atoms with E-state index in [1.54, 1.807) is 11.3 Å². The molecule has 2 unspecified atom stereocenters. The molecule has 1 aromatic rings. The molecule has 0 aromatic carbocycles. The van der Waals surface area contributed by atoms with Gasteiger partial charge >= 0.3 is 0 Å². The Morgan fingerprint density at radius 1 is 1.65 bits per heavy atom. The second kappa shape index (κ2) is 5.62. The van der Waals surface area contributed by atoms with Gasteiger partial charge in [0.1, 0.15) is 0 Å². The van der Waals surface area contributed by atoms with Crippen LogP contribution in [0.5, 0.6) is 0 Å². The fraction of sp³-hybridized carbons (Fsp3) is 0.583. The largest absolute Gasteiger partial charge is 0.387 e. The maximum atomic E-state index is 11.6. The fourth-order valence-corrected chi connectivity index (χ4v) is 2.22. The zero-order chi connectivity index (χ0) is 12.3. The molecule has 3 N–H and O–H groups in total. The van der Waals surface area contributed by atoms with E-state index >= 15 is 0 Å². The standard InChI is InChI=1S/C12H18N2O2S/c1-8(12(16)14-10-2-3-10)13-6-11(15)9-4-5-17-7-9/h4-5,7-8,10-11,13,15H,2-3,6H2,1H3,(H,14,16). The van der Waals surface area contributed by atoms with Gasteiger partial charge in [0.05, 0.1) is 12.1 Å². The van der Waals surface area contributed by atoms with Crippen molar-refractivity contribution in [3.8, 4) is 0 Å². The molecule has 1 saturated carbocycles. The summed E-state index contributed by atoms with van der Waals surface area (Å²) in [5, 5.41) is 19.7. The van der Waals surface area contributed by atoms with E-state index in [1.807, 2.05) is 23.8 Å². The van der Waals surface area contributed by atoms with Crippen molar-refractivity contribution in [3.63, 3.8) is 0 Å². The molecule has 0 aliphatic heterocycles. The number of aliphatic hydroxyl groups excluding tert-OH is 1. The lowest BCUT2D eigenvalue weighted by molar-refractivity contribution is -0.123. The summed E-state index contributed by atoms with van der Waals surface area (Å²) < 4.78 is 0. The van der Waals surface area contributed by atoms with Gasteiger partial charge in [-0.2, -0.15) is 11.3 Å². The first kappa shape index (κ1) is 12.5. The first-order chi connectivity index (χ1) is 8.16. The van der Waals surface area contributed by atoms with Crippen LogP contribution in [-0.2, 0) is 4.79 Å². The number of carbonyl (C=O) groups is 1. The average Bonchev–Trinajstić information content (AvgIpc) is 2.96. The Bertz CT molecular complexity index is 363. The molecule has 17 heavy (non-hydrogen) atoms.